The zero-order valence-electron chi connectivity index (χ0n) is 11.4. The third-order valence-corrected chi connectivity index (χ3v) is 3.84. The molecule has 2 rings (SSSR count). The quantitative estimate of drug-likeness (QED) is 0.879. The summed E-state index contributed by atoms with van der Waals surface area (Å²) >= 11 is 0. The fourth-order valence-electron chi connectivity index (χ4n) is 2.71. The highest BCUT2D eigenvalue weighted by atomic mass is 19.1. The summed E-state index contributed by atoms with van der Waals surface area (Å²) in [6.07, 6.45) is 3.34. The van der Waals surface area contributed by atoms with E-state index in [1.807, 2.05) is 0 Å². The Morgan fingerprint density at radius 3 is 2.84 bits per heavy atom. The van der Waals surface area contributed by atoms with Crippen LogP contribution in [-0.4, -0.2) is 17.1 Å². The molecule has 0 bridgehead atoms. The number of carboxylic acid groups (broad SMARTS) is 1. The van der Waals surface area contributed by atoms with Crippen LogP contribution in [0.15, 0.2) is 18.2 Å². The van der Waals surface area contributed by atoms with Gasteiger partial charge in [0.15, 0.2) is 0 Å². The summed E-state index contributed by atoms with van der Waals surface area (Å²) < 4.78 is 13.6. The Morgan fingerprint density at radius 2 is 2.26 bits per heavy atom. The number of halogens is 1. The molecule has 0 spiro atoms. The maximum atomic E-state index is 13.6. The molecule has 1 atom stereocenters. The minimum Gasteiger partial charge on any atom is -0.478 e. The molecule has 1 aromatic carbocycles. The fraction of sp³-hybridized carbons (Fsp3) is 0.533. The highest BCUT2D eigenvalue weighted by Gasteiger charge is 2.30. The van der Waals surface area contributed by atoms with Gasteiger partial charge in [-0.25, -0.2) is 9.18 Å². The van der Waals surface area contributed by atoms with E-state index in [0.29, 0.717) is 23.6 Å². The van der Waals surface area contributed by atoms with Gasteiger partial charge in [-0.1, -0.05) is 13.8 Å². The summed E-state index contributed by atoms with van der Waals surface area (Å²) in [5.74, 6) is -1.38. The van der Waals surface area contributed by atoms with Gasteiger partial charge in [-0.05, 0) is 42.9 Å². The van der Waals surface area contributed by atoms with Crippen molar-refractivity contribution in [3.05, 3.63) is 35.1 Å². The van der Waals surface area contributed by atoms with Crippen molar-refractivity contribution in [3.63, 3.8) is 0 Å². The van der Waals surface area contributed by atoms with Crippen LogP contribution in [-0.2, 0) is 6.54 Å². The minimum absolute atomic E-state index is 0.130. The Kier molecular flexibility index (Phi) is 3.90. The van der Waals surface area contributed by atoms with E-state index in [1.165, 1.54) is 24.6 Å². The van der Waals surface area contributed by atoms with Gasteiger partial charge in [-0.2, -0.15) is 0 Å². The van der Waals surface area contributed by atoms with Crippen molar-refractivity contribution in [2.75, 3.05) is 0 Å². The largest absolute Gasteiger partial charge is 0.478 e. The molecule has 0 heterocycles. The molecule has 104 valence electrons. The zero-order chi connectivity index (χ0) is 14.0. The number of benzene rings is 1. The molecule has 1 unspecified atom stereocenters. The Balaban J connectivity index is 2.00. The molecule has 0 amide bonds. The van der Waals surface area contributed by atoms with E-state index in [9.17, 15) is 9.18 Å². The topological polar surface area (TPSA) is 49.3 Å². The van der Waals surface area contributed by atoms with Crippen LogP contribution in [0, 0.1) is 11.2 Å². The first-order chi connectivity index (χ1) is 8.87. The van der Waals surface area contributed by atoms with Crippen molar-refractivity contribution in [1.29, 1.82) is 0 Å². The van der Waals surface area contributed by atoms with E-state index in [-0.39, 0.29) is 11.4 Å². The summed E-state index contributed by atoms with van der Waals surface area (Å²) in [4.78, 5) is 10.9. The molecule has 1 saturated carbocycles. The van der Waals surface area contributed by atoms with Gasteiger partial charge in [0.05, 0.1) is 5.56 Å². The second-order valence-corrected chi connectivity index (χ2v) is 6.10. The molecule has 3 nitrogen and oxygen atoms in total. The number of hydrogen-bond donors (Lipinski definition) is 2. The van der Waals surface area contributed by atoms with Crippen molar-refractivity contribution < 1.29 is 14.3 Å². The van der Waals surface area contributed by atoms with E-state index in [1.54, 1.807) is 0 Å². The average molecular weight is 265 g/mol. The lowest BCUT2D eigenvalue weighted by molar-refractivity contribution is 0.0696. The second-order valence-electron chi connectivity index (χ2n) is 6.10. The lowest BCUT2D eigenvalue weighted by atomic mass is 9.92. The van der Waals surface area contributed by atoms with Crippen LogP contribution in [0.5, 0.6) is 0 Å². The molecule has 1 aromatic rings. The molecular weight excluding hydrogens is 245 g/mol. The van der Waals surface area contributed by atoms with Gasteiger partial charge in [-0.15, -0.1) is 0 Å². The van der Waals surface area contributed by atoms with E-state index in [2.05, 4.69) is 19.2 Å². The number of carboxylic acids is 1. The predicted molar refractivity (Wildman–Crippen MR) is 71.6 cm³/mol. The zero-order valence-corrected chi connectivity index (χ0v) is 11.4. The minimum atomic E-state index is -1.02. The number of carbonyl (C=O) groups is 1. The molecular formula is C15H20FNO2. The first kappa shape index (κ1) is 14.0. The third kappa shape index (κ3) is 3.53. The first-order valence-electron chi connectivity index (χ1n) is 6.62. The van der Waals surface area contributed by atoms with E-state index < -0.39 is 5.97 Å². The van der Waals surface area contributed by atoms with Crippen molar-refractivity contribution >= 4 is 5.97 Å². The first-order valence-corrected chi connectivity index (χ1v) is 6.62. The predicted octanol–water partition coefficient (Wildman–Crippen LogP) is 3.19. The number of aromatic carboxylic acids is 1. The van der Waals surface area contributed by atoms with E-state index in [0.717, 1.165) is 12.8 Å². The van der Waals surface area contributed by atoms with Gasteiger partial charge < -0.3 is 10.4 Å². The van der Waals surface area contributed by atoms with Crippen LogP contribution < -0.4 is 5.32 Å². The standard InChI is InChI=1S/C15H20FNO2/c1-15(2)6-5-12(8-15)17-9-11-7-10(14(18)19)3-4-13(11)16/h3-4,7,12,17H,5-6,8-9H2,1-2H3,(H,18,19). The van der Waals surface area contributed by atoms with Crippen molar-refractivity contribution in [1.82, 2.24) is 5.32 Å². The lowest BCUT2D eigenvalue weighted by Gasteiger charge is -2.18. The summed E-state index contributed by atoms with van der Waals surface area (Å²) in [5.41, 5.74) is 0.897. The molecule has 19 heavy (non-hydrogen) atoms. The maximum Gasteiger partial charge on any atom is 0.335 e. The molecule has 0 saturated heterocycles. The molecule has 1 aliphatic carbocycles. The number of rotatable bonds is 4. The van der Waals surface area contributed by atoms with Gasteiger partial charge in [0.1, 0.15) is 5.82 Å². The summed E-state index contributed by atoms with van der Waals surface area (Å²) in [7, 11) is 0. The smallest absolute Gasteiger partial charge is 0.335 e. The van der Waals surface area contributed by atoms with Crippen LogP contribution in [0.1, 0.15) is 49.0 Å². The van der Waals surface area contributed by atoms with Crippen molar-refractivity contribution in [2.24, 2.45) is 5.41 Å². The number of hydrogen-bond acceptors (Lipinski definition) is 2. The highest BCUT2D eigenvalue weighted by Crippen LogP contribution is 2.37. The van der Waals surface area contributed by atoms with Gasteiger partial charge in [0, 0.05) is 18.2 Å². The SMILES string of the molecule is CC1(C)CCC(NCc2cc(C(=O)O)ccc2F)C1. The molecule has 1 aliphatic rings. The van der Waals surface area contributed by atoms with Crippen molar-refractivity contribution in [3.8, 4) is 0 Å². The molecule has 1 fully saturated rings. The number of nitrogens with one attached hydrogen (secondary N) is 1. The van der Waals surface area contributed by atoms with Crippen LogP contribution in [0.3, 0.4) is 0 Å². The van der Waals surface area contributed by atoms with Crippen LogP contribution in [0.4, 0.5) is 4.39 Å². The highest BCUT2D eigenvalue weighted by molar-refractivity contribution is 5.87. The van der Waals surface area contributed by atoms with Crippen LogP contribution in [0.2, 0.25) is 0 Å². The van der Waals surface area contributed by atoms with E-state index in [4.69, 9.17) is 5.11 Å². The van der Waals surface area contributed by atoms with Crippen molar-refractivity contribution in [2.45, 2.75) is 45.7 Å². The molecule has 0 aromatic heterocycles. The summed E-state index contributed by atoms with van der Waals surface area (Å²) in [6, 6.07) is 4.31. The third-order valence-electron chi connectivity index (χ3n) is 3.84. The van der Waals surface area contributed by atoms with Gasteiger partial charge >= 0.3 is 5.97 Å². The Hall–Kier alpha value is -1.42. The Bertz CT molecular complexity index is 485. The van der Waals surface area contributed by atoms with Gasteiger partial charge in [-0.3, -0.25) is 0 Å². The second kappa shape index (κ2) is 5.29. The van der Waals surface area contributed by atoms with Crippen LogP contribution >= 0.6 is 0 Å². The Labute approximate surface area is 112 Å². The van der Waals surface area contributed by atoms with E-state index >= 15 is 0 Å². The molecule has 0 aliphatic heterocycles. The fourth-order valence-corrected chi connectivity index (χ4v) is 2.71. The molecule has 0 radical (unpaired) electrons. The molecule has 4 heteroatoms. The normalized spacial score (nSPS) is 21.5. The summed E-state index contributed by atoms with van der Waals surface area (Å²) in [6.45, 7) is 4.86. The molecule has 2 N–H and O–H groups in total. The van der Waals surface area contributed by atoms with Gasteiger partial charge in [0.25, 0.3) is 0 Å². The average Bonchev–Trinajstić information content (AvgIpc) is 2.67. The summed E-state index contributed by atoms with van der Waals surface area (Å²) in [5, 5.41) is 12.2. The Morgan fingerprint density at radius 1 is 1.53 bits per heavy atom. The lowest BCUT2D eigenvalue weighted by Crippen LogP contribution is -2.27. The maximum absolute atomic E-state index is 13.6. The van der Waals surface area contributed by atoms with Gasteiger partial charge in [0.2, 0.25) is 0 Å². The van der Waals surface area contributed by atoms with Crippen LogP contribution in [0.25, 0.3) is 0 Å². The monoisotopic (exact) mass is 265 g/mol.